The van der Waals surface area contributed by atoms with Gasteiger partial charge in [0.2, 0.25) is 6.79 Å². The first-order valence-electron chi connectivity index (χ1n) is 9.96. The second-order valence-electron chi connectivity index (χ2n) is 7.56. The number of aromatic amines is 1. The number of hydrogen-bond acceptors (Lipinski definition) is 7. The summed E-state index contributed by atoms with van der Waals surface area (Å²) in [5, 5.41) is 9.70. The summed E-state index contributed by atoms with van der Waals surface area (Å²) in [4.78, 5) is 21.6. The van der Waals surface area contributed by atoms with Gasteiger partial charge in [0, 0.05) is 19.9 Å². The first-order chi connectivity index (χ1) is 14.7. The molecule has 2 N–H and O–H groups in total. The molecule has 0 radical (unpaired) electrons. The van der Waals surface area contributed by atoms with Crippen LogP contribution < -0.4 is 19.1 Å². The van der Waals surface area contributed by atoms with E-state index in [0.717, 1.165) is 0 Å². The molecule has 1 aromatic heterocycles. The Bertz CT molecular complexity index is 1010. The first-order valence-corrected chi connectivity index (χ1v) is 9.96. The Kier molecular flexibility index (Phi) is 4.74. The minimum absolute atomic E-state index is 0.125. The molecule has 0 spiro atoms. The molecule has 1 aliphatic carbocycles. The molecular weight excluding hydrogens is 390 g/mol. The quantitative estimate of drug-likeness (QED) is 0.685. The minimum atomic E-state index is -1.00. The third-order valence-electron chi connectivity index (χ3n) is 5.51. The van der Waals surface area contributed by atoms with Crippen molar-refractivity contribution in [3.8, 4) is 17.2 Å². The van der Waals surface area contributed by atoms with Crippen molar-refractivity contribution in [2.45, 2.75) is 12.8 Å². The summed E-state index contributed by atoms with van der Waals surface area (Å²) >= 11 is 0. The monoisotopic (exact) mass is 413 g/mol. The number of nitrogens with zero attached hydrogens (tertiary/aromatic N) is 2. The number of fused-ring (bicyclic) bond motifs is 2. The average Bonchev–Trinajstić information content (AvgIpc) is 3.25. The minimum Gasteiger partial charge on any atom is -0.492 e. The van der Waals surface area contributed by atoms with Crippen molar-refractivity contribution in [1.29, 1.82) is 0 Å². The van der Waals surface area contributed by atoms with Crippen LogP contribution in [0.2, 0.25) is 0 Å². The molecule has 1 fully saturated rings. The first kappa shape index (κ1) is 18.8. The van der Waals surface area contributed by atoms with E-state index in [-0.39, 0.29) is 12.4 Å². The van der Waals surface area contributed by atoms with Crippen molar-refractivity contribution >= 4 is 17.4 Å². The van der Waals surface area contributed by atoms with E-state index in [0.29, 0.717) is 72.3 Å². The van der Waals surface area contributed by atoms with Crippen molar-refractivity contribution in [1.82, 2.24) is 4.98 Å². The smallest absolute Gasteiger partial charge is 0.339 e. The van der Waals surface area contributed by atoms with Crippen molar-refractivity contribution < 1.29 is 28.8 Å². The maximum atomic E-state index is 11.8. The number of aliphatic imine (C=N–C) groups is 1. The van der Waals surface area contributed by atoms with Crippen molar-refractivity contribution in [3.63, 3.8) is 0 Å². The van der Waals surface area contributed by atoms with E-state index in [1.54, 1.807) is 7.11 Å². The summed E-state index contributed by atoms with van der Waals surface area (Å²) < 4.78 is 22.6. The highest BCUT2D eigenvalue weighted by atomic mass is 16.7. The molecular formula is C21H23N3O6. The van der Waals surface area contributed by atoms with Gasteiger partial charge in [-0.3, -0.25) is 4.99 Å². The van der Waals surface area contributed by atoms with Crippen LogP contribution in [0.4, 0.5) is 5.69 Å². The fourth-order valence-corrected chi connectivity index (χ4v) is 3.77. The van der Waals surface area contributed by atoms with Gasteiger partial charge in [0.05, 0.1) is 30.2 Å². The number of hydrogen-bond donors (Lipinski definition) is 2. The number of nitrogens with one attached hydrogen (secondary N) is 1. The van der Waals surface area contributed by atoms with Crippen LogP contribution in [-0.2, 0) is 4.74 Å². The Morgan fingerprint density at radius 3 is 3.00 bits per heavy atom. The number of aromatic nitrogens is 1. The Labute approximate surface area is 173 Å². The Morgan fingerprint density at radius 1 is 1.37 bits per heavy atom. The number of rotatable bonds is 8. The topological polar surface area (TPSA) is 106 Å². The second-order valence-corrected chi connectivity index (χ2v) is 7.56. The van der Waals surface area contributed by atoms with Crippen LogP contribution in [0.5, 0.6) is 17.2 Å². The number of ether oxygens (including phenoxy) is 4. The fourth-order valence-electron chi connectivity index (χ4n) is 3.77. The van der Waals surface area contributed by atoms with E-state index in [2.05, 4.69) is 4.98 Å². The lowest BCUT2D eigenvalue weighted by atomic mass is 10.0. The molecule has 0 saturated heterocycles. The number of methoxy groups -OCH3 is 1. The predicted molar refractivity (Wildman–Crippen MR) is 108 cm³/mol. The lowest BCUT2D eigenvalue weighted by Crippen LogP contribution is -2.33. The average molecular weight is 413 g/mol. The summed E-state index contributed by atoms with van der Waals surface area (Å²) in [6.45, 7) is 2.05. The van der Waals surface area contributed by atoms with E-state index in [1.165, 1.54) is 19.0 Å². The van der Waals surface area contributed by atoms with Crippen LogP contribution in [0, 0.1) is 5.92 Å². The lowest BCUT2D eigenvalue weighted by molar-refractivity contribution is 0.0697. The number of carbonyl (C=O) groups is 1. The molecule has 0 atom stereocenters. The molecule has 3 heterocycles. The molecule has 0 amide bonds. The Hall–Kier alpha value is -3.20. The molecule has 0 unspecified atom stereocenters. The number of anilines is 1. The molecule has 2 aromatic rings. The molecule has 0 bridgehead atoms. The largest absolute Gasteiger partial charge is 0.492 e. The van der Waals surface area contributed by atoms with Gasteiger partial charge in [0.25, 0.3) is 0 Å². The third-order valence-corrected chi connectivity index (χ3v) is 5.51. The van der Waals surface area contributed by atoms with Gasteiger partial charge in [0.1, 0.15) is 23.7 Å². The van der Waals surface area contributed by atoms with Crippen molar-refractivity contribution in [2.24, 2.45) is 10.9 Å². The SMILES string of the molecule is COCCN1CN=C(c2c(OCC3CC3)ccc3c2OCO3)c2[nH]cc(C(=O)O)c21. The van der Waals surface area contributed by atoms with Crippen LogP contribution >= 0.6 is 0 Å². The summed E-state index contributed by atoms with van der Waals surface area (Å²) in [6, 6.07) is 3.70. The van der Waals surface area contributed by atoms with Crippen LogP contribution in [0.25, 0.3) is 0 Å². The highest BCUT2D eigenvalue weighted by molar-refractivity contribution is 6.20. The highest BCUT2D eigenvalue weighted by Crippen LogP contribution is 2.44. The van der Waals surface area contributed by atoms with E-state index < -0.39 is 5.97 Å². The van der Waals surface area contributed by atoms with Crippen molar-refractivity contribution in [3.05, 3.63) is 35.2 Å². The van der Waals surface area contributed by atoms with Gasteiger partial charge in [-0.25, -0.2) is 4.79 Å². The Balaban J connectivity index is 1.60. The van der Waals surface area contributed by atoms with Crippen molar-refractivity contribution in [2.75, 3.05) is 45.2 Å². The van der Waals surface area contributed by atoms with Crippen LogP contribution in [0.3, 0.4) is 0 Å². The number of carboxylic acids is 1. The number of aromatic carboxylic acids is 1. The van der Waals surface area contributed by atoms with Crippen LogP contribution in [0.1, 0.15) is 34.5 Å². The molecule has 3 aliphatic rings. The molecule has 2 aliphatic heterocycles. The summed E-state index contributed by atoms with van der Waals surface area (Å²) in [6.07, 6.45) is 3.86. The Morgan fingerprint density at radius 2 is 2.23 bits per heavy atom. The zero-order chi connectivity index (χ0) is 20.7. The van der Waals surface area contributed by atoms with E-state index in [4.69, 9.17) is 23.9 Å². The van der Waals surface area contributed by atoms with Gasteiger partial charge in [-0.1, -0.05) is 0 Å². The van der Waals surface area contributed by atoms with Crippen LogP contribution in [-0.4, -0.2) is 62.1 Å². The fraction of sp³-hybridized carbons (Fsp3) is 0.429. The summed E-state index contributed by atoms with van der Waals surface area (Å²) in [5.41, 5.74) is 2.71. The summed E-state index contributed by atoms with van der Waals surface area (Å²) in [7, 11) is 1.61. The van der Waals surface area contributed by atoms with Gasteiger partial charge >= 0.3 is 5.97 Å². The molecule has 5 rings (SSSR count). The maximum absolute atomic E-state index is 11.8. The number of H-pyrrole nitrogens is 1. The van der Waals surface area contributed by atoms with Gasteiger partial charge < -0.3 is 33.9 Å². The number of carboxylic acid groups (broad SMARTS) is 1. The van der Waals surface area contributed by atoms with Gasteiger partial charge in [-0.05, 0) is 30.9 Å². The molecule has 1 aromatic carbocycles. The molecule has 9 nitrogen and oxygen atoms in total. The van der Waals surface area contributed by atoms with Crippen LogP contribution in [0.15, 0.2) is 23.3 Å². The summed E-state index contributed by atoms with van der Waals surface area (Å²) in [5.74, 6) is 1.44. The van der Waals surface area contributed by atoms with E-state index in [9.17, 15) is 9.90 Å². The molecule has 1 saturated carbocycles. The third kappa shape index (κ3) is 3.24. The van der Waals surface area contributed by atoms with Gasteiger partial charge in [0.15, 0.2) is 11.5 Å². The standard InChI is InChI=1S/C21H23N3O6/c1-27-7-6-24-10-23-17(18-19(24)13(8-22-18)21(25)26)16-14(28-9-12-2-3-12)4-5-15-20(16)30-11-29-15/h4-5,8,12,22H,2-3,6-7,9-11H2,1H3,(H,25,26). The zero-order valence-electron chi connectivity index (χ0n) is 16.6. The highest BCUT2D eigenvalue weighted by Gasteiger charge is 2.34. The maximum Gasteiger partial charge on any atom is 0.339 e. The van der Waals surface area contributed by atoms with E-state index in [1.807, 2.05) is 17.0 Å². The second kappa shape index (κ2) is 7.56. The molecule has 9 heteroatoms. The predicted octanol–water partition coefficient (Wildman–Crippen LogP) is 2.49. The number of benzene rings is 1. The molecule has 158 valence electrons. The van der Waals surface area contributed by atoms with Gasteiger partial charge in [-0.15, -0.1) is 0 Å². The molecule has 30 heavy (non-hydrogen) atoms. The zero-order valence-corrected chi connectivity index (χ0v) is 16.6. The van der Waals surface area contributed by atoms with Gasteiger partial charge in [-0.2, -0.15) is 0 Å². The van der Waals surface area contributed by atoms with E-state index >= 15 is 0 Å². The lowest BCUT2D eigenvalue weighted by Gasteiger charge is -2.29. The normalized spacial score (nSPS) is 17.0.